The standard InChI is InChI=1S/C17H24F3N3O3S/c1-12-7-9-23(10-8-12)13(2)11-21-27(25,26)15-5-3-14(4-6-15)22-16(24)17(18,19)20/h3-6,12-13,21H,7-11H2,1-2H3,(H,22,24). The second-order valence-corrected chi connectivity index (χ2v) is 8.66. The third-order valence-corrected chi connectivity index (χ3v) is 6.13. The molecule has 1 atom stereocenters. The quantitative estimate of drug-likeness (QED) is 0.760. The zero-order valence-electron chi connectivity index (χ0n) is 15.2. The molecule has 1 aliphatic rings. The fourth-order valence-electron chi connectivity index (χ4n) is 2.83. The van der Waals surface area contributed by atoms with Gasteiger partial charge in [0.2, 0.25) is 10.0 Å². The minimum absolute atomic E-state index is 0.0395. The van der Waals surface area contributed by atoms with Crippen LogP contribution in [0, 0.1) is 5.92 Å². The predicted octanol–water partition coefficient (Wildman–Crippen LogP) is 2.59. The number of likely N-dealkylation sites (tertiary alicyclic amines) is 1. The maximum Gasteiger partial charge on any atom is 0.471 e. The van der Waals surface area contributed by atoms with Gasteiger partial charge in [-0.15, -0.1) is 0 Å². The van der Waals surface area contributed by atoms with Crippen LogP contribution in [0.1, 0.15) is 26.7 Å². The minimum atomic E-state index is -5.01. The van der Waals surface area contributed by atoms with Gasteiger partial charge in [-0.25, -0.2) is 13.1 Å². The number of piperidine rings is 1. The molecule has 6 nitrogen and oxygen atoms in total. The fraction of sp³-hybridized carbons (Fsp3) is 0.588. The molecule has 2 rings (SSSR count). The first-order valence-corrected chi connectivity index (χ1v) is 10.2. The average Bonchev–Trinajstić information content (AvgIpc) is 2.60. The summed E-state index contributed by atoms with van der Waals surface area (Å²) in [6.45, 7) is 6.25. The monoisotopic (exact) mass is 407 g/mol. The van der Waals surface area contributed by atoms with Gasteiger partial charge < -0.3 is 5.32 Å². The lowest BCUT2D eigenvalue weighted by Crippen LogP contribution is -2.45. The molecule has 1 fully saturated rings. The van der Waals surface area contributed by atoms with Crippen LogP contribution in [0.3, 0.4) is 0 Å². The van der Waals surface area contributed by atoms with Gasteiger partial charge in [0, 0.05) is 18.3 Å². The van der Waals surface area contributed by atoms with Crippen molar-refractivity contribution >= 4 is 21.6 Å². The number of rotatable bonds is 6. The lowest BCUT2D eigenvalue weighted by atomic mass is 9.98. The molecule has 0 saturated carbocycles. The number of nitrogens with one attached hydrogen (secondary N) is 2. The van der Waals surface area contributed by atoms with Crippen molar-refractivity contribution in [3.05, 3.63) is 24.3 Å². The number of hydrogen-bond donors (Lipinski definition) is 2. The third kappa shape index (κ3) is 6.18. The number of amides is 1. The van der Waals surface area contributed by atoms with Gasteiger partial charge in [-0.1, -0.05) is 6.92 Å². The zero-order chi connectivity index (χ0) is 20.2. The SMILES string of the molecule is CC1CCN(C(C)CNS(=O)(=O)c2ccc(NC(=O)C(F)(F)F)cc2)CC1. The molecule has 27 heavy (non-hydrogen) atoms. The summed E-state index contributed by atoms with van der Waals surface area (Å²) in [4.78, 5) is 13.1. The highest BCUT2D eigenvalue weighted by atomic mass is 32.2. The van der Waals surface area contributed by atoms with E-state index in [2.05, 4.69) is 16.5 Å². The van der Waals surface area contributed by atoms with E-state index >= 15 is 0 Å². The number of anilines is 1. The molecule has 0 bridgehead atoms. The number of carbonyl (C=O) groups excluding carboxylic acids is 1. The maximum atomic E-state index is 12.4. The highest BCUT2D eigenvalue weighted by Crippen LogP contribution is 2.20. The average molecular weight is 407 g/mol. The first kappa shape index (κ1) is 21.6. The molecule has 1 aromatic rings. The first-order valence-electron chi connectivity index (χ1n) is 8.71. The van der Waals surface area contributed by atoms with Crippen molar-refractivity contribution in [2.75, 3.05) is 25.0 Å². The van der Waals surface area contributed by atoms with E-state index in [0.29, 0.717) is 5.92 Å². The van der Waals surface area contributed by atoms with Crippen LogP contribution in [-0.2, 0) is 14.8 Å². The summed E-state index contributed by atoms with van der Waals surface area (Å²) in [5.74, 6) is -1.43. The van der Waals surface area contributed by atoms with Crippen LogP contribution in [0.4, 0.5) is 18.9 Å². The number of nitrogens with zero attached hydrogens (tertiary/aromatic N) is 1. The normalized spacial score (nSPS) is 18.3. The minimum Gasteiger partial charge on any atom is -0.318 e. The summed E-state index contributed by atoms with van der Waals surface area (Å²) < 4.78 is 64.0. The highest BCUT2D eigenvalue weighted by molar-refractivity contribution is 7.89. The number of carbonyl (C=O) groups is 1. The second-order valence-electron chi connectivity index (χ2n) is 6.90. The Bertz CT molecular complexity index is 743. The molecule has 0 aromatic heterocycles. The van der Waals surface area contributed by atoms with E-state index in [9.17, 15) is 26.4 Å². The van der Waals surface area contributed by atoms with Gasteiger partial charge in [0.1, 0.15) is 0 Å². The molecule has 0 radical (unpaired) electrons. The van der Waals surface area contributed by atoms with E-state index in [1.165, 1.54) is 0 Å². The Hall–Kier alpha value is -1.65. The van der Waals surface area contributed by atoms with Crippen LogP contribution in [0.25, 0.3) is 0 Å². The van der Waals surface area contributed by atoms with Crippen LogP contribution < -0.4 is 10.0 Å². The smallest absolute Gasteiger partial charge is 0.318 e. The Kier molecular flexibility index (Phi) is 6.87. The Morgan fingerprint density at radius 3 is 2.30 bits per heavy atom. The van der Waals surface area contributed by atoms with E-state index in [0.717, 1.165) is 50.2 Å². The molecule has 1 aliphatic heterocycles. The Morgan fingerprint density at radius 2 is 1.78 bits per heavy atom. The molecule has 10 heteroatoms. The molecular weight excluding hydrogens is 383 g/mol. The highest BCUT2D eigenvalue weighted by Gasteiger charge is 2.38. The molecule has 0 spiro atoms. The fourth-order valence-corrected chi connectivity index (χ4v) is 3.95. The number of alkyl halides is 3. The molecule has 1 saturated heterocycles. The van der Waals surface area contributed by atoms with Crippen molar-refractivity contribution in [1.82, 2.24) is 9.62 Å². The Morgan fingerprint density at radius 1 is 1.22 bits per heavy atom. The maximum absolute atomic E-state index is 12.4. The van der Waals surface area contributed by atoms with Crippen molar-refractivity contribution in [1.29, 1.82) is 0 Å². The Balaban J connectivity index is 1.93. The molecule has 1 heterocycles. The second kappa shape index (κ2) is 8.57. The van der Waals surface area contributed by atoms with E-state index in [1.807, 2.05) is 6.92 Å². The van der Waals surface area contributed by atoms with Crippen LogP contribution in [-0.4, -0.2) is 51.1 Å². The predicted molar refractivity (Wildman–Crippen MR) is 95.7 cm³/mol. The largest absolute Gasteiger partial charge is 0.471 e. The number of sulfonamides is 1. The van der Waals surface area contributed by atoms with Crippen LogP contribution in [0.5, 0.6) is 0 Å². The summed E-state index contributed by atoms with van der Waals surface area (Å²) >= 11 is 0. The van der Waals surface area contributed by atoms with Crippen molar-refractivity contribution in [2.45, 2.75) is 43.8 Å². The topological polar surface area (TPSA) is 78.5 Å². The van der Waals surface area contributed by atoms with Gasteiger partial charge in [0.05, 0.1) is 4.90 Å². The van der Waals surface area contributed by atoms with Gasteiger partial charge in [-0.05, 0) is 63.0 Å². The zero-order valence-corrected chi connectivity index (χ0v) is 16.0. The van der Waals surface area contributed by atoms with Gasteiger partial charge in [0.15, 0.2) is 0 Å². The lowest BCUT2D eigenvalue weighted by Gasteiger charge is -2.34. The van der Waals surface area contributed by atoms with E-state index in [-0.39, 0.29) is 23.2 Å². The molecule has 0 aliphatic carbocycles. The van der Waals surface area contributed by atoms with Crippen LogP contribution >= 0.6 is 0 Å². The van der Waals surface area contributed by atoms with E-state index < -0.39 is 22.1 Å². The summed E-state index contributed by atoms with van der Waals surface area (Å²) in [6.07, 6.45) is -2.83. The molecule has 2 N–H and O–H groups in total. The number of hydrogen-bond acceptors (Lipinski definition) is 4. The van der Waals surface area contributed by atoms with Gasteiger partial charge in [0.25, 0.3) is 0 Å². The molecule has 1 amide bonds. The number of benzene rings is 1. The van der Waals surface area contributed by atoms with Gasteiger partial charge >= 0.3 is 12.1 Å². The van der Waals surface area contributed by atoms with Crippen molar-refractivity contribution in [2.24, 2.45) is 5.92 Å². The summed E-state index contributed by atoms with van der Waals surface area (Å²) in [5, 5.41) is 1.67. The van der Waals surface area contributed by atoms with Crippen molar-refractivity contribution < 1.29 is 26.4 Å². The van der Waals surface area contributed by atoms with Gasteiger partial charge in [-0.2, -0.15) is 13.2 Å². The third-order valence-electron chi connectivity index (χ3n) is 4.69. The van der Waals surface area contributed by atoms with Crippen LogP contribution in [0.2, 0.25) is 0 Å². The molecule has 1 unspecified atom stereocenters. The molecule has 1 aromatic carbocycles. The van der Waals surface area contributed by atoms with E-state index in [4.69, 9.17) is 0 Å². The number of halogens is 3. The van der Waals surface area contributed by atoms with Crippen LogP contribution in [0.15, 0.2) is 29.2 Å². The summed E-state index contributed by atoms with van der Waals surface area (Å²) in [5.41, 5.74) is -0.132. The van der Waals surface area contributed by atoms with Gasteiger partial charge in [-0.3, -0.25) is 9.69 Å². The molecule has 152 valence electrons. The summed E-state index contributed by atoms with van der Waals surface area (Å²) in [7, 11) is -3.79. The molecular formula is C17H24F3N3O3S. The summed E-state index contributed by atoms with van der Waals surface area (Å²) in [6, 6.07) is 4.59. The van der Waals surface area contributed by atoms with E-state index in [1.54, 1.807) is 5.32 Å². The Labute approximate surface area is 157 Å². The first-order chi connectivity index (χ1) is 12.5. The van der Waals surface area contributed by atoms with Crippen molar-refractivity contribution in [3.63, 3.8) is 0 Å². The lowest BCUT2D eigenvalue weighted by molar-refractivity contribution is -0.167. The van der Waals surface area contributed by atoms with Crippen molar-refractivity contribution in [3.8, 4) is 0 Å².